The molecule has 124 valence electrons. The molecule has 0 N–H and O–H groups in total. The van der Waals surface area contributed by atoms with Crippen molar-refractivity contribution < 1.29 is 0 Å². The van der Waals surface area contributed by atoms with Gasteiger partial charge in [-0.25, -0.2) is 0 Å². The molecule has 0 spiro atoms. The summed E-state index contributed by atoms with van der Waals surface area (Å²) < 4.78 is 0. The summed E-state index contributed by atoms with van der Waals surface area (Å²) in [6.07, 6.45) is 2.43. The predicted octanol–water partition coefficient (Wildman–Crippen LogP) is 7.29. The SMILES string of the molecule is CCC(C)C(SC(c1ccccc1)C(C)CC)c1ccccc1. The minimum atomic E-state index is 0.556. The highest BCUT2D eigenvalue weighted by atomic mass is 32.2. The molecule has 4 atom stereocenters. The Hall–Kier alpha value is -1.21. The van der Waals surface area contributed by atoms with Crippen LogP contribution < -0.4 is 0 Å². The summed E-state index contributed by atoms with van der Waals surface area (Å²) in [6, 6.07) is 22.1. The summed E-state index contributed by atoms with van der Waals surface area (Å²) in [5, 5.41) is 1.11. The molecule has 0 amide bonds. The first-order valence-corrected chi connectivity index (χ1v) is 9.87. The van der Waals surface area contributed by atoms with Crippen molar-refractivity contribution in [2.45, 2.75) is 51.0 Å². The van der Waals surface area contributed by atoms with E-state index in [-0.39, 0.29) is 0 Å². The van der Waals surface area contributed by atoms with Gasteiger partial charge in [-0.05, 0) is 23.0 Å². The van der Waals surface area contributed by atoms with Crippen molar-refractivity contribution in [1.82, 2.24) is 0 Å². The van der Waals surface area contributed by atoms with Crippen molar-refractivity contribution in [3.05, 3.63) is 71.8 Å². The van der Waals surface area contributed by atoms with Crippen LogP contribution in [0.4, 0.5) is 0 Å². The van der Waals surface area contributed by atoms with Crippen LogP contribution in [0, 0.1) is 11.8 Å². The largest absolute Gasteiger partial charge is 0.145 e. The van der Waals surface area contributed by atoms with Crippen LogP contribution in [-0.2, 0) is 0 Å². The molecule has 23 heavy (non-hydrogen) atoms. The molecule has 0 nitrogen and oxygen atoms in total. The maximum atomic E-state index is 2.39. The molecular formula is C22H30S. The molecule has 0 aliphatic carbocycles. The van der Waals surface area contributed by atoms with Gasteiger partial charge in [-0.2, -0.15) is 0 Å². The Morgan fingerprint density at radius 3 is 1.30 bits per heavy atom. The van der Waals surface area contributed by atoms with E-state index in [4.69, 9.17) is 0 Å². The van der Waals surface area contributed by atoms with Gasteiger partial charge in [0.15, 0.2) is 0 Å². The van der Waals surface area contributed by atoms with E-state index >= 15 is 0 Å². The fourth-order valence-electron chi connectivity index (χ4n) is 2.95. The first-order valence-electron chi connectivity index (χ1n) is 8.92. The highest BCUT2D eigenvalue weighted by molar-refractivity contribution is 7.99. The predicted molar refractivity (Wildman–Crippen MR) is 105 cm³/mol. The van der Waals surface area contributed by atoms with Gasteiger partial charge in [0, 0.05) is 10.5 Å². The van der Waals surface area contributed by atoms with E-state index in [1.165, 1.54) is 24.0 Å². The average molecular weight is 327 g/mol. The van der Waals surface area contributed by atoms with E-state index in [2.05, 4.69) is 100 Å². The fraction of sp³-hybridized carbons (Fsp3) is 0.455. The van der Waals surface area contributed by atoms with Crippen LogP contribution in [0.5, 0.6) is 0 Å². The van der Waals surface area contributed by atoms with Gasteiger partial charge in [-0.15, -0.1) is 11.8 Å². The number of hydrogen-bond donors (Lipinski definition) is 0. The monoisotopic (exact) mass is 326 g/mol. The second-order valence-corrected chi connectivity index (χ2v) is 7.86. The van der Waals surface area contributed by atoms with Crippen molar-refractivity contribution in [3.63, 3.8) is 0 Å². The van der Waals surface area contributed by atoms with E-state index in [0.29, 0.717) is 22.3 Å². The summed E-state index contributed by atoms with van der Waals surface area (Å²) in [4.78, 5) is 0. The second kappa shape index (κ2) is 9.17. The molecule has 0 bridgehead atoms. The second-order valence-electron chi connectivity index (χ2n) is 6.57. The van der Waals surface area contributed by atoms with E-state index in [0.717, 1.165) is 0 Å². The number of thioether (sulfide) groups is 1. The van der Waals surface area contributed by atoms with Crippen LogP contribution in [0.15, 0.2) is 60.7 Å². The molecule has 2 rings (SSSR count). The van der Waals surface area contributed by atoms with Crippen LogP contribution in [0.2, 0.25) is 0 Å². The number of benzene rings is 2. The van der Waals surface area contributed by atoms with Crippen LogP contribution in [0.3, 0.4) is 0 Å². The first kappa shape index (κ1) is 18.1. The Morgan fingerprint density at radius 2 is 1.00 bits per heavy atom. The van der Waals surface area contributed by atoms with Gasteiger partial charge >= 0.3 is 0 Å². The van der Waals surface area contributed by atoms with Gasteiger partial charge in [0.2, 0.25) is 0 Å². The molecule has 0 saturated heterocycles. The van der Waals surface area contributed by atoms with Crippen molar-refractivity contribution in [1.29, 1.82) is 0 Å². The minimum Gasteiger partial charge on any atom is -0.145 e. The lowest BCUT2D eigenvalue weighted by Crippen LogP contribution is -2.12. The van der Waals surface area contributed by atoms with E-state index in [1.807, 2.05) is 0 Å². The molecule has 2 aromatic rings. The first-order chi connectivity index (χ1) is 11.2. The van der Waals surface area contributed by atoms with Crippen LogP contribution in [-0.4, -0.2) is 0 Å². The molecule has 1 heteroatoms. The van der Waals surface area contributed by atoms with Crippen molar-refractivity contribution >= 4 is 11.8 Å². The Morgan fingerprint density at radius 1 is 0.652 bits per heavy atom. The molecule has 0 aliphatic heterocycles. The zero-order valence-corrected chi connectivity index (χ0v) is 15.7. The molecule has 0 saturated carbocycles. The molecule has 0 aromatic heterocycles. The third-order valence-corrected chi connectivity index (χ3v) is 6.93. The van der Waals surface area contributed by atoms with Gasteiger partial charge in [0.25, 0.3) is 0 Å². The smallest absolute Gasteiger partial charge is 0.0328 e. The third kappa shape index (κ3) is 4.88. The maximum absolute atomic E-state index is 2.39. The Bertz CT molecular complexity index is 497. The molecular weight excluding hydrogens is 296 g/mol. The lowest BCUT2D eigenvalue weighted by Gasteiger charge is -2.31. The summed E-state index contributed by atoms with van der Waals surface area (Å²) in [6.45, 7) is 9.40. The molecule has 0 fully saturated rings. The minimum absolute atomic E-state index is 0.556. The highest BCUT2D eigenvalue weighted by Gasteiger charge is 2.26. The summed E-state index contributed by atoms with van der Waals surface area (Å²) >= 11 is 2.16. The maximum Gasteiger partial charge on any atom is 0.0328 e. The van der Waals surface area contributed by atoms with E-state index in [1.54, 1.807) is 0 Å². The number of hydrogen-bond acceptors (Lipinski definition) is 1. The van der Waals surface area contributed by atoms with Gasteiger partial charge in [0.05, 0.1) is 0 Å². The van der Waals surface area contributed by atoms with Gasteiger partial charge in [-0.3, -0.25) is 0 Å². The zero-order valence-electron chi connectivity index (χ0n) is 14.9. The van der Waals surface area contributed by atoms with E-state index in [9.17, 15) is 0 Å². The summed E-state index contributed by atoms with van der Waals surface area (Å²) in [5.41, 5.74) is 2.94. The lowest BCUT2D eigenvalue weighted by atomic mass is 9.97. The average Bonchev–Trinajstić information content (AvgIpc) is 2.63. The van der Waals surface area contributed by atoms with Gasteiger partial charge < -0.3 is 0 Å². The Balaban J connectivity index is 2.30. The standard InChI is InChI=1S/C22H30S/c1-5-17(3)21(19-13-9-7-10-14-19)23-22(18(4)6-2)20-15-11-8-12-16-20/h7-18,21-22H,5-6H2,1-4H3. The zero-order chi connectivity index (χ0) is 16.7. The van der Waals surface area contributed by atoms with Crippen LogP contribution in [0.1, 0.15) is 62.2 Å². The lowest BCUT2D eigenvalue weighted by molar-refractivity contribution is 0.523. The van der Waals surface area contributed by atoms with E-state index < -0.39 is 0 Å². The highest BCUT2D eigenvalue weighted by Crippen LogP contribution is 2.49. The van der Waals surface area contributed by atoms with Gasteiger partial charge in [0.1, 0.15) is 0 Å². The van der Waals surface area contributed by atoms with Crippen molar-refractivity contribution in [2.75, 3.05) is 0 Å². The Kier molecular flexibility index (Phi) is 7.23. The molecule has 0 radical (unpaired) electrons. The number of rotatable bonds is 8. The fourth-order valence-corrected chi connectivity index (χ4v) is 4.82. The van der Waals surface area contributed by atoms with Crippen LogP contribution in [0.25, 0.3) is 0 Å². The quantitative estimate of drug-likeness (QED) is 0.490. The molecule has 0 heterocycles. The summed E-state index contributed by atoms with van der Waals surface area (Å²) in [7, 11) is 0. The third-order valence-electron chi connectivity index (χ3n) is 4.87. The molecule has 2 aromatic carbocycles. The molecule has 4 unspecified atom stereocenters. The molecule has 0 aliphatic rings. The van der Waals surface area contributed by atoms with Crippen molar-refractivity contribution in [3.8, 4) is 0 Å². The van der Waals surface area contributed by atoms with Crippen molar-refractivity contribution in [2.24, 2.45) is 11.8 Å². The topological polar surface area (TPSA) is 0 Å². The summed E-state index contributed by atoms with van der Waals surface area (Å²) in [5.74, 6) is 1.36. The van der Waals surface area contributed by atoms with Gasteiger partial charge in [-0.1, -0.05) is 101 Å². The Labute approximate surface area is 146 Å². The normalized spacial score (nSPS) is 16.5. The van der Waals surface area contributed by atoms with Crippen LogP contribution >= 0.6 is 11.8 Å².